The van der Waals surface area contributed by atoms with Gasteiger partial charge in [-0.05, 0) is 55.5 Å². The van der Waals surface area contributed by atoms with Crippen molar-refractivity contribution >= 4 is 6.21 Å². The molecule has 3 heteroatoms. The quantitative estimate of drug-likeness (QED) is 0.815. The van der Waals surface area contributed by atoms with E-state index >= 15 is 0 Å². The standard InChI is InChI=1S/C14H19NO2/c1-17-14-7-5-11(6-8-14)10-15-12-3-2-4-13(16)9-12/h5-8,10,12-13,16H,2-4,9H2,1H3/b15-10+. The maximum atomic E-state index is 9.55. The molecule has 0 radical (unpaired) electrons. The number of ether oxygens (including phenoxy) is 1. The van der Waals surface area contributed by atoms with E-state index < -0.39 is 0 Å². The van der Waals surface area contributed by atoms with Gasteiger partial charge in [0.25, 0.3) is 0 Å². The molecule has 17 heavy (non-hydrogen) atoms. The van der Waals surface area contributed by atoms with Crippen LogP contribution >= 0.6 is 0 Å². The molecule has 1 saturated carbocycles. The molecule has 0 saturated heterocycles. The number of aliphatic imine (C=N–C) groups is 1. The third kappa shape index (κ3) is 3.56. The third-order valence-corrected chi connectivity index (χ3v) is 3.17. The molecule has 0 bridgehead atoms. The molecule has 0 spiro atoms. The van der Waals surface area contributed by atoms with Crippen LogP contribution in [-0.2, 0) is 0 Å². The Kier molecular flexibility index (Phi) is 4.15. The molecular formula is C14H19NO2. The van der Waals surface area contributed by atoms with Gasteiger partial charge >= 0.3 is 0 Å². The molecular weight excluding hydrogens is 214 g/mol. The second kappa shape index (κ2) is 5.82. The van der Waals surface area contributed by atoms with E-state index in [1.807, 2.05) is 30.5 Å². The third-order valence-electron chi connectivity index (χ3n) is 3.17. The maximum absolute atomic E-state index is 9.55. The highest BCUT2D eigenvalue weighted by atomic mass is 16.5. The molecule has 0 aromatic heterocycles. The first-order valence-electron chi connectivity index (χ1n) is 6.13. The summed E-state index contributed by atoms with van der Waals surface area (Å²) in [4.78, 5) is 4.53. The Hall–Kier alpha value is -1.35. The summed E-state index contributed by atoms with van der Waals surface area (Å²) in [6, 6.07) is 8.11. The van der Waals surface area contributed by atoms with Gasteiger partial charge in [0.05, 0.1) is 19.3 Å². The minimum atomic E-state index is -0.165. The molecule has 2 unspecified atom stereocenters. The Morgan fingerprint density at radius 2 is 2.06 bits per heavy atom. The molecule has 0 amide bonds. The summed E-state index contributed by atoms with van der Waals surface area (Å²) < 4.78 is 5.10. The van der Waals surface area contributed by atoms with Gasteiger partial charge in [-0.2, -0.15) is 0 Å². The molecule has 3 nitrogen and oxygen atoms in total. The van der Waals surface area contributed by atoms with Gasteiger partial charge in [-0.1, -0.05) is 0 Å². The first-order valence-corrected chi connectivity index (χ1v) is 6.13. The van der Waals surface area contributed by atoms with Crippen molar-refractivity contribution in [1.29, 1.82) is 0 Å². The topological polar surface area (TPSA) is 41.8 Å². The Morgan fingerprint density at radius 3 is 2.71 bits per heavy atom. The van der Waals surface area contributed by atoms with Crippen LogP contribution in [0.15, 0.2) is 29.3 Å². The Balaban J connectivity index is 1.94. The summed E-state index contributed by atoms with van der Waals surface area (Å²) in [5, 5.41) is 9.55. The Bertz CT molecular complexity index is 372. The highest BCUT2D eigenvalue weighted by Crippen LogP contribution is 2.21. The molecule has 2 atom stereocenters. The number of nitrogens with zero attached hydrogens (tertiary/aromatic N) is 1. The lowest BCUT2D eigenvalue weighted by Gasteiger charge is -2.22. The summed E-state index contributed by atoms with van der Waals surface area (Å²) in [6.07, 6.45) is 5.61. The van der Waals surface area contributed by atoms with Crippen LogP contribution in [0.2, 0.25) is 0 Å². The van der Waals surface area contributed by atoms with Gasteiger partial charge in [0.15, 0.2) is 0 Å². The number of aliphatic hydroxyl groups is 1. The summed E-state index contributed by atoms with van der Waals surface area (Å²) in [5.74, 6) is 0.857. The second-order valence-corrected chi connectivity index (χ2v) is 4.53. The van der Waals surface area contributed by atoms with Crippen molar-refractivity contribution in [2.24, 2.45) is 4.99 Å². The predicted octanol–water partition coefficient (Wildman–Crippen LogP) is 2.42. The average molecular weight is 233 g/mol. The molecule has 1 N–H and O–H groups in total. The number of aliphatic hydroxyl groups excluding tert-OH is 1. The van der Waals surface area contributed by atoms with Crippen molar-refractivity contribution in [3.63, 3.8) is 0 Å². The van der Waals surface area contributed by atoms with Crippen LogP contribution in [0.25, 0.3) is 0 Å². The molecule has 1 aliphatic rings. The van der Waals surface area contributed by atoms with Crippen molar-refractivity contribution in [3.8, 4) is 5.75 Å². The fourth-order valence-electron chi connectivity index (χ4n) is 2.16. The molecule has 92 valence electrons. The van der Waals surface area contributed by atoms with Crippen molar-refractivity contribution in [1.82, 2.24) is 0 Å². The highest BCUT2D eigenvalue weighted by molar-refractivity contribution is 5.79. The Labute approximate surface area is 102 Å². The van der Waals surface area contributed by atoms with E-state index in [4.69, 9.17) is 4.74 Å². The monoisotopic (exact) mass is 233 g/mol. The zero-order valence-corrected chi connectivity index (χ0v) is 10.2. The summed E-state index contributed by atoms with van der Waals surface area (Å²) in [5.41, 5.74) is 1.07. The molecule has 2 rings (SSSR count). The van der Waals surface area contributed by atoms with Gasteiger partial charge in [-0.15, -0.1) is 0 Å². The van der Waals surface area contributed by atoms with Gasteiger partial charge < -0.3 is 9.84 Å². The fourth-order valence-corrected chi connectivity index (χ4v) is 2.16. The van der Waals surface area contributed by atoms with Crippen molar-refractivity contribution in [2.75, 3.05) is 7.11 Å². The van der Waals surface area contributed by atoms with Crippen LogP contribution in [0.3, 0.4) is 0 Å². The van der Waals surface area contributed by atoms with Crippen LogP contribution in [0.4, 0.5) is 0 Å². The van der Waals surface area contributed by atoms with Crippen LogP contribution in [0.5, 0.6) is 5.75 Å². The Morgan fingerprint density at radius 1 is 1.29 bits per heavy atom. The number of rotatable bonds is 3. The molecule has 0 heterocycles. The lowest BCUT2D eigenvalue weighted by Crippen LogP contribution is -2.22. The van der Waals surface area contributed by atoms with E-state index in [-0.39, 0.29) is 12.1 Å². The van der Waals surface area contributed by atoms with Crippen molar-refractivity contribution in [3.05, 3.63) is 29.8 Å². The SMILES string of the molecule is COc1ccc(/C=N/C2CCCC(O)C2)cc1. The number of hydrogen-bond acceptors (Lipinski definition) is 3. The lowest BCUT2D eigenvalue weighted by molar-refractivity contribution is 0.121. The van der Waals surface area contributed by atoms with Crippen molar-refractivity contribution < 1.29 is 9.84 Å². The minimum Gasteiger partial charge on any atom is -0.497 e. The summed E-state index contributed by atoms with van der Waals surface area (Å²) >= 11 is 0. The van der Waals surface area contributed by atoms with E-state index in [2.05, 4.69) is 4.99 Å². The number of hydrogen-bond donors (Lipinski definition) is 1. The van der Waals surface area contributed by atoms with Gasteiger partial charge in [0, 0.05) is 6.21 Å². The second-order valence-electron chi connectivity index (χ2n) is 4.53. The molecule has 1 fully saturated rings. The van der Waals surface area contributed by atoms with Gasteiger partial charge in [0.1, 0.15) is 5.75 Å². The smallest absolute Gasteiger partial charge is 0.118 e. The van der Waals surface area contributed by atoms with E-state index in [9.17, 15) is 5.11 Å². The summed E-state index contributed by atoms with van der Waals surface area (Å²) in [6.45, 7) is 0. The molecule has 1 aromatic carbocycles. The zero-order valence-electron chi connectivity index (χ0n) is 10.2. The molecule has 1 aliphatic carbocycles. The van der Waals surface area contributed by atoms with Gasteiger partial charge in [-0.25, -0.2) is 0 Å². The molecule has 0 aliphatic heterocycles. The number of methoxy groups -OCH3 is 1. The van der Waals surface area contributed by atoms with E-state index in [1.165, 1.54) is 0 Å². The first kappa shape index (κ1) is 12.1. The maximum Gasteiger partial charge on any atom is 0.118 e. The first-order chi connectivity index (χ1) is 8.28. The zero-order chi connectivity index (χ0) is 12.1. The average Bonchev–Trinajstić information content (AvgIpc) is 2.37. The van der Waals surface area contributed by atoms with Crippen molar-refractivity contribution in [2.45, 2.75) is 37.8 Å². The highest BCUT2D eigenvalue weighted by Gasteiger charge is 2.18. The van der Waals surface area contributed by atoms with E-state index in [0.717, 1.165) is 37.0 Å². The van der Waals surface area contributed by atoms with Crippen LogP contribution in [0.1, 0.15) is 31.2 Å². The van der Waals surface area contributed by atoms with E-state index in [0.29, 0.717) is 0 Å². The summed E-state index contributed by atoms with van der Waals surface area (Å²) in [7, 11) is 1.66. The van der Waals surface area contributed by atoms with Gasteiger partial charge in [-0.3, -0.25) is 4.99 Å². The van der Waals surface area contributed by atoms with Crippen LogP contribution < -0.4 is 4.74 Å². The normalized spacial score (nSPS) is 25.1. The van der Waals surface area contributed by atoms with Gasteiger partial charge in [0.2, 0.25) is 0 Å². The largest absolute Gasteiger partial charge is 0.497 e. The van der Waals surface area contributed by atoms with Crippen LogP contribution in [-0.4, -0.2) is 30.6 Å². The predicted molar refractivity (Wildman–Crippen MR) is 68.9 cm³/mol. The van der Waals surface area contributed by atoms with E-state index in [1.54, 1.807) is 7.11 Å². The lowest BCUT2D eigenvalue weighted by atomic mass is 9.93. The number of benzene rings is 1. The molecule has 1 aromatic rings. The minimum absolute atomic E-state index is 0.165. The van der Waals surface area contributed by atoms with Crippen LogP contribution in [0, 0.1) is 0 Å². The fraction of sp³-hybridized carbons (Fsp3) is 0.500.